The van der Waals surface area contributed by atoms with Gasteiger partial charge in [0, 0.05) is 18.2 Å². The average molecular weight is 338 g/mol. The highest BCUT2D eigenvalue weighted by Crippen LogP contribution is 2.31. The third kappa shape index (κ3) is 4.65. The molecular weight excluding hydrogens is 310 g/mol. The highest BCUT2D eigenvalue weighted by atomic mass is 16.3. The van der Waals surface area contributed by atoms with Crippen molar-refractivity contribution in [2.45, 2.75) is 56.4 Å². The summed E-state index contributed by atoms with van der Waals surface area (Å²) in [6.07, 6.45) is 14.5. The van der Waals surface area contributed by atoms with E-state index >= 15 is 0 Å². The zero-order valence-electron chi connectivity index (χ0n) is 14.9. The van der Waals surface area contributed by atoms with E-state index < -0.39 is 12.2 Å². The first-order chi connectivity index (χ1) is 12.1. The summed E-state index contributed by atoms with van der Waals surface area (Å²) in [6.45, 7) is 0. The Kier molecular flexibility index (Phi) is 6.17. The van der Waals surface area contributed by atoms with Crippen LogP contribution in [0, 0.1) is 6.08 Å². The molecule has 1 heterocycles. The second-order valence-corrected chi connectivity index (χ2v) is 7.15. The number of aliphatic hydroxyl groups excluding tert-OH is 2. The van der Waals surface area contributed by atoms with E-state index in [0.29, 0.717) is 12.1 Å². The van der Waals surface area contributed by atoms with E-state index in [4.69, 9.17) is 0 Å². The van der Waals surface area contributed by atoms with Crippen molar-refractivity contribution in [2.24, 2.45) is 0 Å². The Morgan fingerprint density at radius 3 is 2.40 bits per heavy atom. The summed E-state index contributed by atoms with van der Waals surface area (Å²) in [5.74, 6) is 0. The Labute approximate surface area is 151 Å². The smallest absolute Gasteiger partial charge is 0.105 e. The number of likely N-dealkylation sites (tertiary alicyclic amines) is 1. The van der Waals surface area contributed by atoms with E-state index in [1.807, 2.05) is 54.6 Å². The van der Waals surface area contributed by atoms with Crippen LogP contribution < -0.4 is 0 Å². The molecule has 1 fully saturated rings. The lowest BCUT2D eigenvalue weighted by Gasteiger charge is -2.41. The van der Waals surface area contributed by atoms with Gasteiger partial charge in [-0.1, -0.05) is 36.8 Å². The van der Waals surface area contributed by atoms with Crippen molar-refractivity contribution < 1.29 is 10.2 Å². The molecule has 3 nitrogen and oxygen atoms in total. The lowest BCUT2D eigenvalue weighted by atomic mass is 9.87. The molecule has 0 spiro atoms. The average Bonchev–Trinajstić information content (AvgIpc) is 2.66. The number of piperidine rings is 1. The van der Waals surface area contributed by atoms with Gasteiger partial charge < -0.3 is 15.1 Å². The third-order valence-electron chi connectivity index (χ3n) is 5.53. The molecule has 4 atom stereocenters. The third-order valence-corrected chi connectivity index (χ3v) is 5.53. The summed E-state index contributed by atoms with van der Waals surface area (Å²) >= 11 is 0. The van der Waals surface area contributed by atoms with Crippen LogP contribution in [0.2, 0.25) is 0 Å². The van der Waals surface area contributed by atoms with Crippen molar-refractivity contribution in [3.05, 3.63) is 71.8 Å². The molecule has 3 heteroatoms. The zero-order chi connectivity index (χ0) is 17.6. The minimum absolute atomic E-state index is 0.348. The van der Waals surface area contributed by atoms with Crippen LogP contribution in [0.15, 0.2) is 60.2 Å². The molecule has 2 N–H and O–H groups in total. The molecule has 0 aromatic heterocycles. The van der Waals surface area contributed by atoms with Gasteiger partial charge in [-0.25, -0.2) is 0 Å². The van der Waals surface area contributed by atoms with Gasteiger partial charge in [0.25, 0.3) is 0 Å². The summed E-state index contributed by atoms with van der Waals surface area (Å²) in [5, 5.41) is 21.1. The van der Waals surface area contributed by atoms with Gasteiger partial charge in [-0.2, -0.15) is 0 Å². The molecule has 0 bridgehead atoms. The lowest BCUT2D eigenvalue weighted by molar-refractivity contribution is 0.0422. The molecule has 1 aliphatic carbocycles. The Bertz CT molecular complexity index is 635. The molecule has 0 amide bonds. The first-order valence-corrected chi connectivity index (χ1v) is 9.24. The maximum absolute atomic E-state index is 10.6. The van der Waals surface area contributed by atoms with Crippen LogP contribution >= 0.6 is 0 Å². The van der Waals surface area contributed by atoms with Gasteiger partial charge in [-0.3, -0.25) is 0 Å². The minimum Gasteiger partial charge on any atom is -0.388 e. The fourth-order valence-electron chi connectivity index (χ4n) is 3.95. The number of benzene rings is 1. The lowest BCUT2D eigenvalue weighted by Crippen LogP contribution is -2.46. The van der Waals surface area contributed by atoms with Crippen LogP contribution in [-0.4, -0.2) is 40.3 Å². The summed E-state index contributed by atoms with van der Waals surface area (Å²) in [7, 11) is 2.14. The molecule has 3 rings (SSSR count). The zero-order valence-corrected chi connectivity index (χ0v) is 14.9. The summed E-state index contributed by atoms with van der Waals surface area (Å²) < 4.78 is 0. The van der Waals surface area contributed by atoms with E-state index in [9.17, 15) is 10.2 Å². The number of hydrogen-bond acceptors (Lipinski definition) is 3. The van der Waals surface area contributed by atoms with Crippen molar-refractivity contribution in [3.8, 4) is 0 Å². The van der Waals surface area contributed by atoms with Gasteiger partial charge in [0.15, 0.2) is 0 Å². The van der Waals surface area contributed by atoms with Gasteiger partial charge in [-0.15, -0.1) is 0 Å². The molecule has 0 unspecified atom stereocenters. The second kappa shape index (κ2) is 8.55. The van der Waals surface area contributed by atoms with Gasteiger partial charge >= 0.3 is 0 Å². The minimum atomic E-state index is -0.445. The quantitative estimate of drug-likeness (QED) is 0.780. The van der Waals surface area contributed by atoms with Crippen LogP contribution in [0.5, 0.6) is 0 Å². The first-order valence-electron chi connectivity index (χ1n) is 9.24. The highest BCUT2D eigenvalue weighted by molar-refractivity contribution is 5.32. The van der Waals surface area contributed by atoms with Crippen molar-refractivity contribution in [3.63, 3.8) is 0 Å². The van der Waals surface area contributed by atoms with E-state index in [0.717, 1.165) is 43.2 Å². The summed E-state index contributed by atoms with van der Waals surface area (Å²) in [4.78, 5) is 2.37. The van der Waals surface area contributed by atoms with E-state index in [1.165, 1.54) is 0 Å². The van der Waals surface area contributed by atoms with E-state index in [2.05, 4.69) is 18.0 Å². The van der Waals surface area contributed by atoms with Gasteiger partial charge in [0.05, 0.1) is 23.8 Å². The second-order valence-electron chi connectivity index (χ2n) is 7.15. The molecule has 25 heavy (non-hydrogen) atoms. The van der Waals surface area contributed by atoms with Gasteiger partial charge in [-0.05, 0) is 38.3 Å². The fourth-order valence-corrected chi connectivity index (χ4v) is 3.95. The van der Waals surface area contributed by atoms with E-state index in [-0.39, 0.29) is 0 Å². The van der Waals surface area contributed by atoms with Crippen LogP contribution in [0.4, 0.5) is 0 Å². The Morgan fingerprint density at radius 2 is 1.76 bits per heavy atom. The van der Waals surface area contributed by atoms with Crippen LogP contribution in [0.3, 0.4) is 0 Å². The van der Waals surface area contributed by atoms with Gasteiger partial charge in [0.2, 0.25) is 0 Å². The predicted molar refractivity (Wildman–Crippen MR) is 101 cm³/mol. The number of rotatable bonds is 6. The topological polar surface area (TPSA) is 43.7 Å². The van der Waals surface area contributed by atoms with E-state index in [1.54, 1.807) is 0 Å². The fraction of sp³-hybridized carbons (Fsp3) is 0.455. The molecule has 1 aromatic rings. The highest BCUT2D eigenvalue weighted by Gasteiger charge is 2.31. The first kappa shape index (κ1) is 18.0. The number of hydrogen-bond donors (Lipinski definition) is 2. The molecule has 1 saturated heterocycles. The monoisotopic (exact) mass is 338 g/mol. The van der Waals surface area contributed by atoms with Crippen molar-refractivity contribution in [1.82, 2.24) is 4.90 Å². The van der Waals surface area contributed by atoms with Crippen LogP contribution in [-0.2, 0) is 0 Å². The van der Waals surface area contributed by atoms with Crippen LogP contribution in [0.1, 0.15) is 43.8 Å². The SMILES string of the molecule is CN1[C@@H](C[C@@H](O)C2=CC=[C+]C=C2)CCC[C@H]1C[C@H](O)c1ccccc1. The molecule has 2 aliphatic rings. The summed E-state index contributed by atoms with van der Waals surface area (Å²) in [5.41, 5.74) is 1.94. The number of nitrogens with zero attached hydrogens (tertiary/aromatic N) is 1. The molecule has 1 aliphatic heterocycles. The Balaban J connectivity index is 1.59. The molecule has 0 saturated carbocycles. The molecular formula is C22H28NO2+. The normalized spacial score (nSPS) is 26.0. The Hall–Kier alpha value is -1.77. The standard InChI is InChI=1S/C22H28NO2/c1-23-19(15-21(24)17-9-4-2-5-10-17)13-8-14-20(23)16-22(25)18-11-6-3-7-12-18/h2,4-7,9-12,19-22,24-25H,8,13-16H2,1H3/q+1/t19-,20+,21-,22+/m0/s1. The van der Waals surface area contributed by atoms with Gasteiger partial charge in [0.1, 0.15) is 18.3 Å². The van der Waals surface area contributed by atoms with Crippen molar-refractivity contribution in [1.29, 1.82) is 0 Å². The molecule has 0 radical (unpaired) electrons. The molecule has 132 valence electrons. The van der Waals surface area contributed by atoms with Crippen molar-refractivity contribution >= 4 is 0 Å². The largest absolute Gasteiger partial charge is 0.388 e. The number of aliphatic hydroxyl groups is 2. The van der Waals surface area contributed by atoms with Crippen molar-refractivity contribution in [2.75, 3.05) is 7.05 Å². The van der Waals surface area contributed by atoms with Crippen LogP contribution in [0.25, 0.3) is 0 Å². The molecule has 1 aromatic carbocycles. The number of allylic oxidation sites excluding steroid dienone is 4. The maximum atomic E-state index is 10.6. The Morgan fingerprint density at radius 1 is 1.08 bits per heavy atom. The maximum Gasteiger partial charge on any atom is 0.105 e. The summed E-state index contributed by atoms with van der Waals surface area (Å²) in [6, 6.07) is 10.6. The predicted octanol–water partition coefficient (Wildman–Crippen LogP) is 3.57.